The topological polar surface area (TPSA) is 68.9 Å². The largest absolute Gasteiger partial charge is 0.478 e. The van der Waals surface area contributed by atoms with Crippen LogP contribution in [0.25, 0.3) is 43.6 Å². The predicted octanol–water partition coefficient (Wildman–Crippen LogP) is 4.65. The van der Waals surface area contributed by atoms with Crippen LogP contribution in [0.5, 0.6) is 0 Å². The number of H-pyrrole nitrogens is 2. The first-order valence-electron chi connectivity index (χ1n) is 7.41. The quantitative estimate of drug-likeness (QED) is 0.421. The molecule has 2 aromatic heterocycles. The summed E-state index contributed by atoms with van der Waals surface area (Å²) in [6, 6.07) is 17.7. The van der Waals surface area contributed by atoms with Crippen LogP contribution in [0.3, 0.4) is 0 Å². The van der Waals surface area contributed by atoms with E-state index in [-0.39, 0.29) is 5.56 Å². The third kappa shape index (κ3) is 1.52. The van der Waals surface area contributed by atoms with Gasteiger partial charge >= 0.3 is 5.97 Å². The molecule has 5 rings (SSSR count). The fourth-order valence-corrected chi connectivity index (χ4v) is 3.53. The van der Waals surface area contributed by atoms with Gasteiger partial charge in [-0.1, -0.05) is 36.4 Å². The SMILES string of the molecule is O=C(O)c1cc2[nH]c3ccccc3c2c2c1[nH]c1ccccc12. The predicted molar refractivity (Wildman–Crippen MR) is 92.1 cm³/mol. The molecule has 0 saturated heterocycles. The maximum atomic E-state index is 11.7. The van der Waals surface area contributed by atoms with Gasteiger partial charge in [-0.05, 0) is 18.2 Å². The summed E-state index contributed by atoms with van der Waals surface area (Å²) in [5, 5.41) is 13.8. The molecule has 0 aliphatic carbocycles. The van der Waals surface area contributed by atoms with E-state index in [1.807, 2.05) is 42.5 Å². The number of aromatic amines is 2. The number of rotatable bonds is 1. The second kappa shape index (κ2) is 4.14. The number of fused-ring (bicyclic) bond motifs is 7. The van der Waals surface area contributed by atoms with Gasteiger partial charge in [0, 0.05) is 38.1 Å². The van der Waals surface area contributed by atoms with Crippen LogP contribution in [0.2, 0.25) is 0 Å². The average molecular weight is 300 g/mol. The number of nitrogens with one attached hydrogen (secondary N) is 2. The lowest BCUT2D eigenvalue weighted by Crippen LogP contribution is -1.97. The van der Waals surface area contributed by atoms with Crippen LogP contribution in [-0.4, -0.2) is 21.0 Å². The summed E-state index contributed by atoms with van der Waals surface area (Å²) in [6.45, 7) is 0. The number of carboxylic acid groups (broad SMARTS) is 1. The van der Waals surface area contributed by atoms with Crippen LogP contribution >= 0.6 is 0 Å². The van der Waals surface area contributed by atoms with E-state index >= 15 is 0 Å². The number of carboxylic acids is 1. The van der Waals surface area contributed by atoms with E-state index < -0.39 is 5.97 Å². The smallest absolute Gasteiger partial charge is 0.337 e. The Morgan fingerprint density at radius 3 is 2.09 bits per heavy atom. The third-order valence-corrected chi connectivity index (χ3v) is 4.48. The Morgan fingerprint density at radius 1 is 0.783 bits per heavy atom. The maximum Gasteiger partial charge on any atom is 0.337 e. The Balaban J connectivity index is 2.18. The van der Waals surface area contributed by atoms with Crippen molar-refractivity contribution in [2.75, 3.05) is 0 Å². The number of hydrogen-bond donors (Lipinski definition) is 3. The Kier molecular flexibility index (Phi) is 2.21. The molecule has 4 heteroatoms. The Labute approximate surface area is 130 Å². The lowest BCUT2D eigenvalue weighted by molar-refractivity contribution is 0.0699. The maximum absolute atomic E-state index is 11.7. The molecule has 23 heavy (non-hydrogen) atoms. The summed E-state index contributed by atoms with van der Waals surface area (Å²) in [5.41, 5.74) is 3.77. The third-order valence-electron chi connectivity index (χ3n) is 4.48. The molecule has 3 N–H and O–H groups in total. The van der Waals surface area contributed by atoms with Crippen molar-refractivity contribution in [1.82, 2.24) is 9.97 Å². The Hall–Kier alpha value is -3.27. The monoisotopic (exact) mass is 300 g/mol. The molecule has 0 unspecified atom stereocenters. The van der Waals surface area contributed by atoms with Crippen LogP contribution in [0.15, 0.2) is 54.6 Å². The van der Waals surface area contributed by atoms with E-state index in [9.17, 15) is 9.90 Å². The first-order valence-corrected chi connectivity index (χ1v) is 7.41. The van der Waals surface area contributed by atoms with E-state index in [4.69, 9.17) is 0 Å². The highest BCUT2D eigenvalue weighted by Gasteiger charge is 2.19. The molecule has 0 radical (unpaired) electrons. The van der Waals surface area contributed by atoms with E-state index in [2.05, 4.69) is 16.0 Å². The second-order valence-electron chi connectivity index (χ2n) is 5.74. The van der Waals surface area contributed by atoms with Gasteiger partial charge in [0.2, 0.25) is 0 Å². The molecule has 0 aliphatic rings. The van der Waals surface area contributed by atoms with Gasteiger partial charge in [-0.15, -0.1) is 0 Å². The molecule has 2 heterocycles. The molecule has 0 saturated carbocycles. The molecule has 0 spiro atoms. The highest BCUT2D eigenvalue weighted by Crippen LogP contribution is 2.38. The van der Waals surface area contributed by atoms with Crippen molar-refractivity contribution >= 4 is 49.6 Å². The van der Waals surface area contributed by atoms with E-state index in [0.717, 1.165) is 38.1 Å². The number of aromatic nitrogens is 2. The molecular formula is C19H12N2O2. The molecule has 4 nitrogen and oxygen atoms in total. The minimum atomic E-state index is -0.929. The van der Waals surface area contributed by atoms with Crippen molar-refractivity contribution in [3.05, 3.63) is 60.2 Å². The molecule has 0 bridgehead atoms. The summed E-state index contributed by atoms with van der Waals surface area (Å²) in [7, 11) is 0. The van der Waals surface area contributed by atoms with Gasteiger partial charge in [0.1, 0.15) is 0 Å². The molecule has 110 valence electrons. The molecule has 5 aromatic rings. The number of hydrogen-bond acceptors (Lipinski definition) is 1. The zero-order chi connectivity index (χ0) is 15.6. The first-order chi connectivity index (χ1) is 11.2. The summed E-state index contributed by atoms with van der Waals surface area (Å²) in [5.74, 6) is -0.929. The van der Waals surface area contributed by atoms with Gasteiger partial charge in [-0.2, -0.15) is 0 Å². The lowest BCUT2D eigenvalue weighted by Gasteiger charge is -2.01. The normalized spacial score (nSPS) is 11.8. The minimum absolute atomic E-state index is 0.287. The van der Waals surface area contributed by atoms with Crippen molar-refractivity contribution in [1.29, 1.82) is 0 Å². The fraction of sp³-hybridized carbons (Fsp3) is 0. The van der Waals surface area contributed by atoms with Gasteiger partial charge < -0.3 is 15.1 Å². The standard InChI is InChI=1S/C19H12N2O2/c22-19(23)12-9-15-16(10-5-1-3-7-13(10)20-15)17-11-6-2-4-8-14(11)21-18(12)17/h1-9,20-21H,(H,22,23). The summed E-state index contributed by atoms with van der Waals surface area (Å²) >= 11 is 0. The van der Waals surface area contributed by atoms with Gasteiger partial charge in [0.25, 0.3) is 0 Å². The van der Waals surface area contributed by atoms with Gasteiger partial charge in [0.05, 0.1) is 11.1 Å². The van der Waals surface area contributed by atoms with E-state index in [0.29, 0.717) is 5.52 Å². The number of carbonyl (C=O) groups is 1. The van der Waals surface area contributed by atoms with Crippen LogP contribution in [-0.2, 0) is 0 Å². The average Bonchev–Trinajstić information content (AvgIpc) is 3.11. The Morgan fingerprint density at radius 2 is 1.39 bits per heavy atom. The number of para-hydroxylation sites is 2. The molecular weight excluding hydrogens is 288 g/mol. The second-order valence-corrected chi connectivity index (χ2v) is 5.74. The summed E-state index contributed by atoms with van der Waals surface area (Å²) in [4.78, 5) is 18.3. The zero-order valence-corrected chi connectivity index (χ0v) is 12.1. The summed E-state index contributed by atoms with van der Waals surface area (Å²) < 4.78 is 0. The van der Waals surface area contributed by atoms with Gasteiger partial charge in [-0.3, -0.25) is 0 Å². The fourth-order valence-electron chi connectivity index (χ4n) is 3.53. The molecule has 0 atom stereocenters. The van der Waals surface area contributed by atoms with Gasteiger partial charge in [-0.25, -0.2) is 4.79 Å². The highest BCUT2D eigenvalue weighted by atomic mass is 16.4. The zero-order valence-electron chi connectivity index (χ0n) is 12.1. The van der Waals surface area contributed by atoms with Crippen molar-refractivity contribution in [3.63, 3.8) is 0 Å². The minimum Gasteiger partial charge on any atom is -0.478 e. The van der Waals surface area contributed by atoms with Crippen molar-refractivity contribution < 1.29 is 9.90 Å². The molecule has 0 aliphatic heterocycles. The molecule has 0 fully saturated rings. The van der Waals surface area contributed by atoms with E-state index in [1.54, 1.807) is 6.07 Å². The van der Waals surface area contributed by atoms with Gasteiger partial charge in [0.15, 0.2) is 0 Å². The van der Waals surface area contributed by atoms with Crippen LogP contribution < -0.4 is 0 Å². The van der Waals surface area contributed by atoms with Crippen molar-refractivity contribution in [2.45, 2.75) is 0 Å². The first kappa shape index (κ1) is 12.3. The lowest BCUT2D eigenvalue weighted by atomic mass is 10.0. The Bertz CT molecular complexity index is 1240. The van der Waals surface area contributed by atoms with Crippen LogP contribution in [0.4, 0.5) is 0 Å². The highest BCUT2D eigenvalue weighted by molar-refractivity contribution is 6.30. The van der Waals surface area contributed by atoms with Crippen LogP contribution in [0.1, 0.15) is 10.4 Å². The number of benzene rings is 3. The molecule has 0 amide bonds. The van der Waals surface area contributed by atoms with Crippen LogP contribution in [0, 0.1) is 0 Å². The molecule has 3 aromatic carbocycles. The summed E-state index contributed by atoms with van der Waals surface area (Å²) in [6.07, 6.45) is 0. The van der Waals surface area contributed by atoms with E-state index in [1.165, 1.54) is 0 Å². The number of aromatic carboxylic acids is 1. The van der Waals surface area contributed by atoms with Crippen molar-refractivity contribution in [3.8, 4) is 0 Å². The van der Waals surface area contributed by atoms with Crippen molar-refractivity contribution in [2.24, 2.45) is 0 Å².